The van der Waals surface area contributed by atoms with Crippen LogP contribution in [0.15, 0.2) is 22.6 Å². The Hall–Kier alpha value is -1.71. The number of carbonyl (C=O) groups excluding carboxylic acids is 1. The van der Waals surface area contributed by atoms with E-state index in [4.69, 9.17) is 0 Å². The maximum absolute atomic E-state index is 12.1. The van der Waals surface area contributed by atoms with Crippen LogP contribution in [0.2, 0.25) is 0 Å². The quantitative estimate of drug-likeness (QED) is 0.484. The summed E-state index contributed by atoms with van der Waals surface area (Å²) in [6, 6.07) is 0. The Morgan fingerprint density at radius 2 is 2.00 bits per heavy atom. The molecule has 1 atom stereocenters. The maximum atomic E-state index is 12.1. The number of aliphatic carboxylic acids is 1. The van der Waals surface area contributed by atoms with E-state index in [9.17, 15) is 14.7 Å². The molecule has 0 aromatic carbocycles. The van der Waals surface area contributed by atoms with Crippen LogP contribution in [0.4, 0.5) is 0 Å². The van der Waals surface area contributed by atoms with Crippen molar-refractivity contribution in [3.05, 3.63) is 22.6 Å². The van der Waals surface area contributed by atoms with Gasteiger partial charge in [0, 0.05) is 17.5 Å². The number of thioether (sulfide) groups is 1. The van der Waals surface area contributed by atoms with Gasteiger partial charge in [-0.05, 0) is 47.3 Å². The predicted octanol–water partition coefficient (Wildman–Crippen LogP) is 3.30. The lowest BCUT2D eigenvalue weighted by Gasteiger charge is -2.16. The Morgan fingerprint density at radius 3 is 2.48 bits per heavy atom. The van der Waals surface area contributed by atoms with Crippen LogP contribution in [-0.2, 0) is 9.59 Å². The van der Waals surface area contributed by atoms with Gasteiger partial charge >= 0.3 is 5.97 Å². The zero-order valence-electron chi connectivity index (χ0n) is 16.1. The molecule has 1 amide bonds. The first-order chi connectivity index (χ1) is 11.5. The van der Waals surface area contributed by atoms with Gasteiger partial charge < -0.3 is 15.3 Å². The maximum Gasteiger partial charge on any atom is 0.344 e. The molecule has 5 nitrogen and oxygen atoms in total. The van der Waals surface area contributed by atoms with Crippen LogP contribution in [-0.4, -0.2) is 42.0 Å². The number of carboxylic acids is 1. The molecule has 25 heavy (non-hydrogen) atoms. The summed E-state index contributed by atoms with van der Waals surface area (Å²) < 4.78 is 0. The van der Waals surface area contributed by atoms with Gasteiger partial charge in [0.05, 0.1) is 4.91 Å². The van der Waals surface area contributed by atoms with E-state index in [-0.39, 0.29) is 22.1 Å². The van der Waals surface area contributed by atoms with Crippen molar-refractivity contribution in [3.63, 3.8) is 0 Å². The lowest BCUT2D eigenvalue weighted by Crippen LogP contribution is -2.29. The molecule has 2 N–H and O–H groups in total. The monoisotopic (exact) mass is 366 g/mol. The summed E-state index contributed by atoms with van der Waals surface area (Å²) in [5.41, 5.74) is -0.189. The molecule has 0 rings (SSSR count). The van der Waals surface area contributed by atoms with Crippen molar-refractivity contribution in [2.24, 2.45) is 11.3 Å². The van der Waals surface area contributed by atoms with Crippen LogP contribution in [0.25, 0.3) is 0 Å². The third-order valence-corrected chi connectivity index (χ3v) is 4.16. The first-order valence-electron chi connectivity index (χ1n) is 8.28. The molecule has 0 bridgehead atoms. The summed E-state index contributed by atoms with van der Waals surface area (Å²) in [4.78, 5) is 26.0. The second-order valence-corrected chi connectivity index (χ2v) is 8.07. The molecule has 0 saturated carbocycles. The zero-order valence-corrected chi connectivity index (χ0v) is 16.9. The smallest absolute Gasteiger partial charge is 0.344 e. The van der Waals surface area contributed by atoms with Crippen molar-refractivity contribution in [2.75, 3.05) is 20.1 Å². The molecular weight excluding hydrogens is 336 g/mol. The van der Waals surface area contributed by atoms with Crippen LogP contribution in [0.1, 0.15) is 41.0 Å². The van der Waals surface area contributed by atoms with E-state index in [0.29, 0.717) is 11.3 Å². The molecule has 0 heterocycles. The SMILES string of the molecule is C=C(C#CC(C)(C)C)S/C(=C/NC(=O)[C@@H](C)CCN(C)CC)C(=O)O. The highest BCUT2D eigenvalue weighted by molar-refractivity contribution is 8.07. The van der Waals surface area contributed by atoms with E-state index in [0.717, 1.165) is 24.9 Å². The highest BCUT2D eigenvalue weighted by Crippen LogP contribution is 2.24. The van der Waals surface area contributed by atoms with Crippen molar-refractivity contribution in [1.29, 1.82) is 0 Å². The minimum Gasteiger partial charge on any atom is -0.477 e. The number of hydrogen-bond donors (Lipinski definition) is 2. The van der Waals surface area contributed by atoms with Gasteiger partial charge in [-0.25, -0.2) is 4.79 Å². The fourth-order valence-electron chi connectivity index (χ4n) is 1.53. The molecule has 0 aromatic rings. The molecule has 0 aromatic heterocycles. The Kier molecular flexibility index (Phi) is 10.3. The normalized spacial score (nSPS) is 13.0. The van der Waals surface area contributed by atoms with Gasteiger partial charge in [-0.3, -0.25) is 4.79 Å². The molecule has 140 valence electrons. The van der Waals surface area contributed by atoms with Crippen molar-refractivity contribution in [1.82, 2.24) is 10.2 Å². The fourth-order valence-corrected chi connectivity index (χ4v) is 2.11. The Labute approximate surface area is 155 Å². The summed E-state index contributed by atoms with van der Waals surface area (Å²) in [7, 11) is 1.99. The number of nitrogens with zero attached hydrogens (tertiary/aromatic N) is 1. The molecule has 0 saturated heterocycles. The van der Waals surface area contributed by atoms with Gasteiger partial charge in [-0.2, -0.15) is 0 Å². The van der Waals surface area contributed by atoms with Gasteiger partial charge in [-0.1, -0.05) is 44.0 Å². The van der Waals surface area contributed by atoms with Gasteiger partial charge in [0.1, 0.15) is 4.91 Å². The highest BCUT2D eigenvalue weighted by Gasteiger charge is 2.15. The van der Waals surface area contributed by atoms with E-state index in [1.54, 1.807) is 0 Å². The number of amides is 1. The molecular formula is C19H30N2O3S. The number of allylic oxidation sites excluding steroid dienone is 1. The number of carboxylic acid groups (broad SMARTS) is 1. The summed E-state index contributed by atoms with van der Waals surface area (Å²) in [5, 5.41) is 11.8. The third-order valence-electron chi connectivity index (χ3n) is 3.30. The zero-order chi connectivity index (χ0) is 19.6. The molecule has 0 aliphatic carbocycles. The van der Waals surface area contributed by atoms with Crippen molar-refractivity contribution >= 4 is 23.6 Å². The predicted molar refractivity (Wildman–Crippen MR) is 105 cm³/mol. The molecule has 6 heteroatoms. The largest absolute Gasteiger partial charge is 0.477 e. The highest BCUT2D eigenvalue weighted by atomic mass is 32.2. The van der Waals surface area contributed by atoms with Crippen LogP contribution in [0, 0.1) is 23.2 Å². The number of hydrogen-bond acceptors (Lipinski definition) is 4. The Bertz CT molecular complexity index is 580. The van der Waals surface area contributed by atoms with Crippen molar-refractivity contribution in [2.45, 2.75) is 41.0 Å². The van der Waals surface area contributed by atoms with Crippen LogP contribution in [0.3, 0.4) is 0 Å². The first-order valence-corrected chi connectivity index (χ1v) is 9.10. The van der Waals surface area contributed by atoms with Crippen molar-refractivity contribution < 1.29 is 14.7 Å². The minimum absolute atomic E-state index is 0.0144. The van der Waals surface area contributed by atoms with Gasteiger partial charge in [0.15, 0.2) is 0 Å². The van der Waals surface area contributed by atoms with E-state index >= 15 is 0 Å². The standard InChI is InChI=1S/C19H30N2O3S/c1-8-21(7)12-10-14(2)17(22)20-13-16(18(23)24)25-15(3)9-11-19(4,5)6/h13-14H,3,8,10,12H2,1-2,4-7H3,(H,20,22)(H,23,24)/b16-13+/t14-/m0/s1. The average Bonchev–Trinajstić information content (AvgIpc) is 2.52. The lowest BCUT2D eigenvalue weighted by molar-refractivity contribution is -0.131. The number of carbonyl (C=O) groups is 2. The second-order valence-electron chi connectivity index (χ2n) is 6.93. The summed E-state index contributed by atoms with van der Waals surface area (Å²) in [6.07, 6.45) is 1.93. The van der Waals surface area contributed by atoms with Gasteiger partial charge in [0.2, 0.25) is 5.91 Å². The van der Waals surface area contributed by atoms with E-state index in [2.05, 4.69) is 35.6 Å². The number of nitrogens with one attached hydrogen (secondary N) is 1. The lowest BCUT2D eigenvalue weighted by atomic mass is 9.98. The van der Waals surface area contributed by atoms with E-state index in [1.165, 1.54) is 6.20 Å². The summed E-state index contributed by atoms with van der Waals surface area (Å²) in [5.74, 6) is 4.33. The Morgan fingerprint density at radius 1 is 1.40 bits per heavy atom. The van der Waals surface area contributed by atoms with Crippen LogP contribution >= 0.6 is 11.8 Å². The summed E-state index contributed by atoms with van der Waals surface area (Å²) in [6.45, 7) is 15.3. The van der Waals surface area contributed by atoms with Crippen molar-refractivity contribution in [3.8, 4) is 11.8 Å². The summed E-state index contributed by atoms with van der Waals surface area (Å²) >= 11 is 0.940. The number of rotatable bonds is 9. The molecule has 0 unspecified atom stereocenters. The molecule has 0 radical (unpaired) electrons. The fraction of sp³-hybridized carbons (Fsp3) is 0.579. The van der Waals surface area contributed by atoms with Gasteiger partial charge in [0.25, 0.3) is 0 Å². The van der Waals surface area contributed by atoms with E-state index in [1.807, 2.05) is 34.7 Å². The molecule has 0 fully saturated rings. The first kappa shape index (κ1) is 23.3. The van der Waals surface area contributed by atoms with Crippen LogP contribution < -0.4 is 5.32 Å². The third kappa shape index (κ3) is 11.5. The van der Waals surface area contributed by atoms with E-state index < -0.39 is 5.97 Å². The Balaban J connectivity index is 4.77. The van der Waals surface area contributed by atoms with Crippen LogP contribution in [0.5, 0.6) is 0 Å². The molecule has 0 aliphatic rings. The molecule has 0 spiro atoms. The topological polar surface area (TPSA) is 69.6 Å². The molecule has 0 aliphatic heterocycles. The second kappa shape index (κ2) is 11.0. The minimum atomic E-state index is -1.12. The average molecular weight is 367 g/mol. The van der Waals surface area contributed by atoms with Gasteiger partial charge in [-0.15, -0.1) is 0 Å².